The second kappa shape index (κ2) is 7.40. The van der Waals surface area contributed by atoms with Crippen molar-refractivity contribution < 1.29 is 5.11 Å². The third-order valence-corrected chi connectivity index (χ3v) is 3.13. The number of hydrazone groups is 1. The van der Waals surface area contributed by atoms with Gasteiger partial charge >= 0.3 is 0 Å². The molecule has 2 rings (SSSR count). The van der Waals surface area contributed by atoms with Crippen LogP contribution in [-0.4, -0.2) is 16.4 Å². The van der Waals surface area contributed by atoms with Crippen molar-refractivity contribution in [3.8, 4) is 5.75 Å². The summed E-state index contributed by atoms with van der Waals surface area (Å²) in [6.07, 6.45) is 1.64. The van der Waals surface area contributed by atoms with Gasteiger partial charge in [0.2, 0.25) is 0 Å². The Kier molecular flexibility index (Phi) is 5.29. The van der Waals surface area contributed by atoms with Gasteiger partial charge in [0.25, 0.3) is 0 Å². The molecule has 0 amide bonds. The van der Waals surface area contributed by atoms with Crippen molar-refractivity contribution >= 4 is 23.5 Å². The van der Waals surface area contributed by atoms with Gasteiger partial charge in [0.15, 0.2) is 5.11 Å². The average Bonchev–Trinajstić information content (AvgIpc) is 2.50. The number of nitrogens with one attached hydrogen (secondary N) is 2. The molecule has 2 aromatic rings. The number of nitrogens with zero attached hydrogens (tertiary/aromatic N) is 1. The van der Waals surface area contributed by atoms with E-state index >= 15 is 0 Å². The molecule has 0 aliphatic rings. The molecule has 0 aromatic heterocycles. The highest BCUT2D eigenvalue weighted by Crippen LogP contribution is 2.10. The highest BCUT2D eigenvalue weighted by molar-refractivity contribution is 7.80. The predicted octanol–water partition coefficient (Wildman–Crippen LogP) is 2.95. The first kappa shape index (κ1) is 15.0. The smallest absolute Gasteiger partial charge is 0.187 e. The first-order valence-electron chi connectivity index (χ1n) is 6.58. The van der Waals surface area contributed by atoms with Gasteiger partial charge in [-0.2, -0.15) is 5.10 Å². The maximum absolute atomic E-state index is 9.19. The molecule has 0 unspecified atom stereocenters. The van der Waals surface area contributed by atoms with E-state index in [0.29, 0.717) is 5.11 Å². The summed E-state index contributed by atoms with van der Waals surface area (Å²) >= 11 is 5.19. The number of thiocarbonyl (C=S) groups is 1. The molecular formula is C16H17N3OS. The lowest BCUT2D eigenvalue weighted by atomic mass is 10.1. The van der Waals surface area contributed by atoms with Crippen LogP contribution in [0.3, 0.4) is 0 Å². The minimum atomic E-state index is 0.107. The van der Waals surface area contributed by atoms with E-state index in [4.69, 9.17) is 12.2 Å². The Labute approximate surface area is 129 Å². The molecule has 0 spiro atoms. The van der Waals surface area contributed by atoms with Crippen LogP contribution in [0.2, 0.25) is 0 Å². The molecular weight excluding hydrogens is 282 g/mol. The molecule has 1 atom stereocenters. The summed E-state index contributed by atoms with van der Waals surface area (Å²) in [6, 6.07) is 16.9. The van der Waals surface area contributed by atoms with Gasteiger partial charge in [-0.05, 0) is 54.5 Å². The summed E-state index contributed by atoms with van der Waals surface area (Å²) in [5.41, 5.74) is 4.80. The van der Waals surface area contributed by atoms with E-state index in [1.54, 1.807) is 30.5 Å². The molecule has 21 heavy (non-hydrogen) atoms. The first-order chi connectivity index (χ1) is 10.1. The Morgan fingerprint density at radius 1 is 1.14 bits per heavy atom. The fraction of sp³-hybridized carbons (Fsp3) is 0.125. The van der Waals surface area contributed by atoms with Crippen molar-refractivity contribution in [2.24, 2.45) is 5.10 Å². The number of phenols is 1. The van der Waals surface area contributed by atoms with Crippen LogP contribution in [0.4, 0.5) is 0 Å². The highest BCUT2D eigenvalue weighted by atomic mass is 32.1. The van der Waals surface area contributed by atoms with Gasteiger partial charge in [-0.3, -0.25) is 5.43 Å². The Hall–Kier alpha value is -2.40. The monoisotopic (exact) mass is 299 g/mol. The lowest BCUT2D eigenvalue weighted by Crippen LogP contribution is -2.34. The molecule has 0 bridgehead atoms. The minimum absolute atomic E-state index is 0.107. The maximum Gasteiger partial charge on any atom is 0.187 e. The molecule has 3 N–H and O–H groups in total. The Bertz CT molecular complexity index is 611. The fourth-order valence-electron chi connectivity index (χ4n) is 1.78. The van der Waals surface area contributed by atoms with E-state index < -0.39 is 0 Å². The summed E-state index contributed by atoms with van der Waals surface area (Å²) in [7, 11) is 0. The van der Waals surface area contributed by atoms with Gasteiger partial charge in [-0.15, -0.1) is 0 Å². The number of rotatable bonds is 4. The van der Waals surface area contributed by atoms with E-state index in [0.717, 1.165) is 11.1 Å². The number of hydrogen-bond donors (Lipinski definition) is 3. The van der Waals surface area contributed by atoms with Crippen molar-refractivity contribution in [2.45, 2.75) is 13.0 Å². The number of aromatic hydroxyl groups is 1. The van der Waals surface area contributed by atoms with Crippen LogP contribution in [0.5, 0.6) is 5.75 Å². The largest absolute Gasteiger partial charge is 0.508 e. The van der Waals surface area contributed by atoms with Crippen molar-refractivity contribution in [3.05, 3.63) is 65.7 Å². The van der Waals surface area contributed by atoms with E-state index in [9.17, 15) is 5.11 Å². The van der Waals surface area contributed by atoms with Crippen molar-refractivity contribution in [1.29, 1.82) is 0 Å². The second-order valence-corrected chi connectivity index (χ2v) is 4.98. The lowest BCUT2D eigenvalue weighted by Gasteiger charge is -2.15. The maximum atomic E-state index is 9.19. The SMILES string of the molecule is C[C@H](NC(=S)N/N=C/c1ccc(O)cc1)c1ccccc1. The molecule has 0 radical (unpaired) electrons. The molecule has 108 valence electrons. The average molecular weight is 299 g/mol. The minimum Gasteiger partial charge on any atom is -0.508 e. The van der Waals surface area contributed by atoms with Gasteiger partial charge in [0.1, 0.15) is 5.75 Å². The van der Waals surface area contributed by atoms with Crippen LogP contribution in [-0.2, 0) is 0 Å². The van der Waals surface area contributed by atoms with Crippen LogP contribution in [0.15, 0.2) is 59.7 Å². The van der Waals surface area contributed by atoms with Crippen LogP contribution >= 0.6 is 12.2 Å². The molecule has 0 fully saturated rings. The summed E-state index contributed by atoms with van der Waals surface area (Å²) < 4.78 is 0. The van der Waals surface area contributed by atoms with Crippen molar-refractivity contribution in [2.75, 3.05) is 0 Å². The van der Waals surface area contributed by atoms with Gasteiger partial charge < -0.3 is 10.4 Å². The molecule has 4 nitrogen and oxygen atoms in total. The third-order valence-electron chi connectivity index (χ3n) is 2.92. The summed E-state index contributed by atoms with van der Waals surface area (Å²) in [5.74, 6) is 0.231. The lowest BCUT2D eigenvalue weighted by molar-refractivity contribution is 0.475. The Morgan fingerprint density at radius 3 is 2.48 bits per heavy atom. The number of benzene rings is 2. The highest BCUT2D eigenvalue weighted by Gasteiger charge is 2.05. The normalized spacial score (nSPS) is 12.0. The summed E-state index contributed by atoms with van der Waals surface area (Å²) in [4.78, 5) is 0. The molecule has 0 saturated carbocycles. The van der Waals surface area contributed by atoms with E-state index in [-0.39, 0.29) is 11.8 Å². The van der Waals surface area contributed by atoms with E-state index in [1.165, 1.54) is 0 Å². The first-order valence-corrected chi connectivity index (χ1v) is 6.99. The standard InChI is InChI=1S/C16H17N3OS/c1-12(14-5-3-2-4-6-14)18-16(21)19-17-11-13-7-9-15(20)10-8-13/h2-12,20H,1H3,(H2,18,19,21)/b17-11+/t12-/m0/s1. The summed E-state index contributed by atoms with van der Waals surface area (Å²) in [5, 5.41) is 16.9. The Balaban J connectivity index is 1.83. The zero-order valence-corrected chi connectivity index (χ0v) is 12.5. The Morgan fingerprint density at radius 2 is 1.81 bits per heavy atom. The van der Waals surface area contributed by atoms with Crippen LogP contribution in [0.25, 0.3) is 0 Å². The number of hydrogen-bond acceptors (Lipinski definition) is 3. The predicted molar refractivity (Wildman–Crippen MR) is 89.4 cm³/mol. The zero-order valence-electron chi connectivity index (χ0n) is 11.7. The van der Waals surface area contributed by atoms with Crippen LogP contribution in [0.1, 0.15) is 24.1 Å². The molecule has 0 heterocycles. The van der Waals surface area contributed by atoms with Gasteiger partial charge in [-0.1, -0.05) is 30.3 Å². The van der Waals surface area contributed by atoms with E-state index in [2.05, 4.69) is 15.8 Å². The van der Waals surface area contributed by atoms with Gasteiger partial charge in [0.05, 0.1) is 12.3 Å². The quantitative estimate of drug-likeness (QED) is 0.461. The van der Waals surface area contributed by atoms with Crippen LogP contribution < -0.4 is 10.7 Å². The van der Waals surface area contributed by atoms with Crippen molar-refractivity contribution in [3.63, 3.8) is 0 Å². The summed E-state index contributed by atoms with van der Waals surface area (Å²) in [6.45, 7) is 2.03. The van der Waals surface area contributed by atoms with Crippen molar-refractivity contribution in [1.82, 2.24) is 10.7 Å². The van der Waals surface area contributed by atoms with Gasteiger partial charge in [-0.25, -0.2) is 0 Å². The second-order valence-electron chi connectivity index (χ2n) is 4.57. The van der Waals surface area contributed by atoms with Gasteiger partial charge in [0, 0.05) is 0 Å². The molecule has 0 aliphatic carbocycles. The molecule has 0 aliphatic heterocycles. The fourth-order valence-corrected chi connectivity index (χ4v) is 2.01. The zero-order chi connectivity index (χ0) is 15.1. The third kappa shape index (κ3) is 4.89. The number of phenolic OH excluding ortho intramolecular Hbond substituents is 1. The molecule has 0 saturated heterocycles. The van der Waals surface area contributed by atoms with Crippen LogP contribution in [0, 0.1) is 0 Å². The molecule has 5 heteroatoms. The van der Waals surface area contributed by atoms with E-state index in [1.807, 2.05) is 37.3 Å². The molecule has 2 aromatic carbocycles. The topological polar surface area (TPSA) is 56.7 Å².